The van der Waals surface area contributed by atoms with Crippen LogP contribution in [0.2, 0.25) is 0 Å². The minimum Gasteiger partial charge on any atom is -0.440 e. The summed E-state index contributed by atoms with van der Waals surface area (Å²) in [5.74, 6) is 4.69. The fourth-order valence-electron chi connectivity index (χ4n) is 4.09. The minimum atomic E-state index is -5.73. The number of nitrogen functional groups attached to an aromatic ring is 1. The minimum absolute atomic E-state index is 0.0533. The number of rotatable bonds is 7. The molecule has 4 rings (SSSR count). The summed E-state index contributed by atoms with van der Waals surface area (Å²) >= 11 is 0. The number of halogens is 6. The van der Waals surface area contributed by atoms with E-state index in [4.69, 9.17) is 5.84 Å². The number of hydrazine groups is 1. The Balaban J connectivity index is 1.55. The summed E-state index contributed by atoms with van der Waals surface area (Å²) in [7, 11) is 0. The van der Waals surface area contributed by atoms with Crippen LogP contribution in [-0.4, -0.2) is 64.5 Å². The quantitative estimate of drug-likeness (QED) is 0.271. The summed E-state index contributed by atoms with van der Waals surface area (Å²) in [6, 6.07) is 18.5. The molecule has 0 radical (unpaired) electrons. The maximum atomic E-state index is 13.0. The van der Waals surface area contributed by atoms with Crippen molar-refractivity contribution in [3.63, 3.8) is 0 Å². The molecule has 3 aromatic rings. The highest BCUT2D eigenvalue weighted by Crippen LogP contribution is 2.36. The first-order valence-corrected chi connectivity index (χ1v) is 11.2. The van der Waals surface area contributed by atoms with E-state index in [1.54, 1.807) is 4.90 Å². The van der Waals surface area contributed by atoms with Crippen LogP contribution < -0.4 is 20.9 Å². The number of ether oxygens (including phenoxy) is 1. The van der Waals surface area contributed by atoms with E-state index in [0.29, 0.717) is 26.2 Å². The molecule has 0 amide bonds. The molecule has 1 saturated heterocycles. The van der Waals surface area contributed by atoms with Crippen molar-refractivity contribution in [1.29, 1.82) is 0 Å². The van der Waals surface area contributed by atoms with E-state index >= 15 is 0 Å². The van der Waals surface area contributed by atoms with Crippen LogP contribution in [0.15, 0.2) is 60.7 Å². The maximum Gasteiger partial charge on any atom is 0.434 e. The van der Waals surface area contributed by atoms with E-state index in [1.165, 1.54) is 0 Å². The van der Waals surface area contributed by atoms with Gasteiger partial charge in [-0.05, 0) is 11.1 Å². The van der Waals surface area contributed by atoms with Gasteiger partial charge in [-0.3, -0.25) is 10.3 Å². The highest BCUT2D eigenvalue weighted by molar-refractivity contribution is 5.39. The van der Waals surface area contributed by atoms with E-state index in [1.807, 2.05) is 66.1 Å². The van der Waals surface area contributed by atoms with Gasteiger partial charge in [0, 0.05) is 26.2 Å². The van der Waals surface area contributed by atoms with Crippen LogP contribution in [0.25, 0.3) is 0 Å². The monoisotopic (exact) mass is 527 g/mol. The summed E-state index contributed by atoms with van der Waals surface area (Å²) in [6.07, 6.45) is -15.6. The Morgan fingerprint density at radius 3 is 1.73 bits per heavy atom. The molecule has 37 heavy (non-hydrogen) atoms. The van der Waals surface area contributed by atoms with Crippen LogP contribution in [0.5, 0.6) is 6.01 Å². The molecular formula is C23H23F6N7O. The SMILES string of the molecule is NNc1nc(OC(C(F)(F)F)C(F)(F)F)nc(N2CCN(C(c3ccccc3)c3ccccc3)CC2)n1. The number of nitrogens with two attached hydrogens (primary N) is 1. The average Bonchev–Trinajstić information content (AvgIpc) is 2.87. The van der Waals surface area contributed by atoms with Crippen molar-refractivity contribution in [2.24, 2.45) is 5.84 Å². The number of hydrogen-bond acceptors (Lipinski definition) is 8. The van der Waals surface area contributed by atoms with Crippen LogP contribution in [0, 0.1) is 0 Å². The average molecular weight is 527 g/mol. The Morgan fingerprint density at radius 2 is 1.27 bits per heavy atom. The highest BCUT2D eigenvalue weighted by atomic mass is 19.4. The van der Waals surface area contributed by atoms with Gasteiger partial charge in [0.05, 0.1) is 6.04 Å². The van der Waals surface area contributed by atoms with E-state index in [-0.39, 0.29) is 12.0 Å². The van der Waals surface area contributed by atoms with Gasteiger partial charge in [0.15, 0.2) is 0 Å². The standard InChI is InChI=1S/C23H23F6N7O/c24-22(25,26)18(23(27,28)29)37-21-32-19(34-30)31-20(33-21)36-13-11-35(12-14-36)17(15-7-3-1-4-8-15)16-9-5-2-6-10-16/h1-10,17-18H,11-14,30H2,(H,31,32,33,34). The Hall–Kier alpha value is -3.65. The highest BCUT2D eigenvalue weighted by Gasteiger charge is 2.59. The summed E-state index contributed by atoms with van der Waals surface area (Å²) in [6.45, 7) is 1.70. The van der Waals surface area contributed by atoms with Crippen molar-refractivity contribution in [2.75, 3.05) is 36.5 Å². The van der Waals surface area contributed by atoms with Crippen molar-refractivity contribution in [1.82, 2.24) is 19.9 Å². The first-order chi connectivity index (χ1) is 17.6. The molecule has 2 heterocycles. The number of piperazine rings is 1. The van der Waals surface area contributed by atoms with Gasteiger partial charge in [0.1, 0.15) is 0 Å². The molecular weight excluding hydrogens is 504 g/mol. The van der Waals surface area contributed by atoms with Crippen LogP contribution in [0.1, 0.15) is 17.2 Å². The van der Waals surface area contributed by atoms with Gasteiger partial charge in [0.25, 0.3) is 6.10 Å². The zero-order chi connectivity index (χ0) is 26.6. The van der Waals surface area contributed by atoms with Gasteiger partial charge in [-0.2, -0.15) is 41.3 Å². The van der Waals surface area contributed by atoms with Gasteiger partial charge in [-0.25, -0.2) is 5.84 Å². The van der Waals surface area contributed by atoms with Crippen molar-refractivity contribution >= 4 is 11.9 Å². The molecule has 1 aromatic heterocycles. The van der Waals surface area contributed by atoms with Gasteiger partial charge in [-0.1, -0.05) is 60.7 Å². The molecule has 8 nitrogen and oxygen atoms in total. The lowest BCUT2D eigenvalue weighted by Gasteiger charge is -2.39. The molecule has 0 saturated carbocycles. The normalized spacial score (nSPS) is 15.3. The van der Waals surface area contributed by atoms with Gasteiger partial charge < -0.3 is 9.64 Å². The van der Waals surface area contributed by atoms with E-state index < -0.39 is 30.4 Å². The molecule has 2 aromatic carbocycles. The largest absolute Gasteiger partial charge is 0.440 e. The molecule has 14 heteroatoms. The van der Waals surface area contributed by atoms with Gasteiger partial charge in [-0.15, -0.1) is 0 Å². The molecule has 3 N–H and O–H groups in total. The third-order valence-corrected chi connectivity index (χ3v) is 5.74. The predicted octanol–water partition coefficient (Wildman–Crippen LogP) is 3.94. The molecule has 198 valence electrons. The maximum absolute atomic E-state index is 13.0. The summed E-state index contributed by atoms with van der Waals surface area (Å²) < 4.78 is 81.9. The summed E-state index contributed by atoms with van der Waals surface area (Å²) in [4.78, 5) is 15.0. The van der Waals surface area contributed by atoms with Crippen molar-refractivity contribution in [3.05, 3.63) is 71.8 Å². The number of nitrogens with zero attached hydrogens (tertiary/aromatic N) is 5. The Morgan fingerprint density at radius 1 is 0.757 bits per heavy atom. The first-order valence-electron chi connectivity index (χ1n) is 11.2. The molecule has 0 aliphatic carbocycles. The van der Waals surface area contributed by atoms with Crippen LogP contribution in [-0.2, 0) is 0 Å². The molecule has 1 aliphatic rings. The van der Waals surface area contributed by atoms with Crippen molar-refractivity contribution in [2.45, 2.75) is 24.5 Å². The second kappa shape index (κ2) is 10.8. The number of nitrogens with one attached hydrogen (secondary N) is 1. The van der Waals surface area contributed by atoms with Crippen LogP contribution >= 0.6 is 0 Å². The zero-order valence-electron chi connectivity index (χ0n) is 19.2. The summed E-state index contributed by atoms with van der Waals surface area (Å²) in [5.41, 5.74) is 4.19. The predicted molar refractivity (Wildman–Crippen MR) is 123 cm³/mol. The second-order valence-corrected chi connectivity index (χ2v) is 8.21. The number of anilines is 2. The lowest BCUT2D eigenvalue weighted by atomic mass is 9.96. The molecule has 0 spiro atoms. The number of alkyl halides is 6. The van der Waals surface area contributed by atoms with E-state index in [2.05, 4.69) is 24.6 Å². The number of aromatic nitrogens is 3. The molecule has 0 atom stereocenters. The smallest absolute Gasteiger partial charge is 0.434 e. The number of hydrogen-bond donors (Lipinski definition) is 2. The second-order valence-electron chi connectivity index (χ2n) is 8.21. The van der Waals surface area contributed by atoms with E-state index in [9.17, 15) is 26.3 Å². The third kappa shape index (κ3) is 6.38. The van der Waals surface area contributed by atoms with Crippen molar-refractivity contribution in [3.8, 4) is 6.01 Å². The molecule has 0 unspecified atom stereocenters. The lowest BCUT2D eigenvalue weighted by Crippen LogP contribution is -2.49. The zero-order valence-corrected chi connectivity index (χ0v) is 19.2. The van der Waals surface area contributed by atoms with Crippen LogP contribution in [0.4, 0.5) is 38.2 Å². The Labute approximate surface area is 208 Å². The molecule has 0 bridgehead atoms. The van der Waals surface area contributed by atoms with Crippen LogP contribution in [0.3, 0.4) is 0 Å². The fourth-order valence-corrected chi connectivity index (χ4v) is 4.09. The Bertz CT molecular complexity index is 1100. The first kappa shape index (κ1) is 26.4. The lowest BCUT2D eigenvalue weighted by molar-refractivity contribution is -0.301. The topological polar surface area (TPSA) is 92.4 Å². The number of benzene rings is 2. The molecule has 1 fully saturated rings. The van der Waals surface area contributed by atoms with Gasteiger partial charge >= 0.3 is 18.4 Å². The van der Waals surface area contributed by atoms with E-state index in [0.717, 1.165) is 11.1 Å². The fraction of sp³-hybridized carbons (Fsp3) is 0.348. The Kier molecular flexibility index (Phi) is 7.68. The third-order valence-electron chi connectivity index (χ3n) is 5.74. The van der Waals surface area contributed by atoms with Gasteiger partial charge in [0.2, 0.25) is 11.9 Å². The van der Waals surface area contributed by atoms with Crippen molar-refractivity contribution < 1.29 is 31.1 Å². The molecule has 1 aliphatic heterocycles. The summed E-state index contributed by atoms with van der Waals surface area (Å²) in [5, 5.41) is 0.